The molecule has 1 atom stereocenters. The lowest BCUT2D eigenvalue weighted by molar-refractivity contribution is -0.137. The average Bonchev–Trinajstić information content (AvgIpc) is 3.19. The molecule has 1 fully saturated rings. The van der Waals surface area contributed by atoms with E-state index in [4.69, 9.17) is 5.73 Å². The highest BCUT2D eigenvalue weighted by atomic mass is 19.4. The van der Waals surface area contributed by atoms with Gasteiger partial charge in [-0.1, -0.05) is 24.3 Å². The zero-order valence-electron chi connectivity index (χ0n) is 18.0. The van der Waals surface area contributed by atoms with Crippen LogP contribution in [0, 0.1) is 0 Å². The van der Waals surface area contributed by atoms with E-state index in [-0.39, 0.29) is 6.04 Å². The molecule has 0 aliphatic carbocycles. The maximum Gasteiger partial charge on any atom is 0.416 e. The van der Waals surface area contributed by atoms with Crippen LogP contribution in [-0.4, -0.2) is 42.4 Å². The number of nitrogens with two attached hydrogens (primary N) is 1. The van der Waals surface area contributed by atoms with Crippen LogP contribution in [0.4, 0.5) is 13.2 Å². The number of primary amides is 1. The van der Waals surface area contributed by atoms with E-state index in [1.54, 1.807) is 18.2 Å². The number of guanidine groups is 1. The van der Waals surface area contributed by atoms with Crippen LogP contribution in [0.25, 0.3) is 0 Å². The number of aliphatic imine (C=N–C) groups is 1. The van der Waals surface area contributed by atoms with Gasteiger partial charge in [-0.05, 0) is 48.7 Å². The van der Waals surface area contributed by atoms with Gasteiger partial charge < -0.3 is 16.4 Å². The van der Waals surface area contributed by atoms with Gasteiger partial charge in [-0.3, -0.25) is 9.69 Å². The van der Waals surface area contributed by atoms with Gasteiger partial charge in [0.05, 0.1) is 12.1 Å². The van der Waals surface area contributed by atoms with Crippen molar-refractivity contribution in [2.24, 2.45) is 10.7 Å². The fraction of sp³-hybridized carbons (Fsp3) is 0.391. The highest BCUT2D eigenvalue weighted by molar-refractivity contribution is 5.92. The lowest BCUT2D eigenvalue weighted by atomic mass is 10.1. The lowest BCUT2D eigenvalue weighted by Gasteiger charge is -2.19. The van der Waals surface area contributed by atoms with Crippen molar-refractivity contribution in [3.8, 4) is 0 Å². The smallest absolute Gasteiger partial charge is 0.366 e. The highest BCUT2D eigenvalue weighted by Crippen LogP contribution is 2.29. The van der Waals surface area contributed by atoms with Crippen molar-refractivity contribution in [3.63, 3.8) is 0 Å². The Labute approximate surface area is 185 Å². The van der Waals surface area contributed by atoms with Gasteiger partial charge >= 0.3 is 6.18 Å². The standard InChI is InChI=1S/C23H28F3N5O/c1-2-28-22(29-13-17-4-3-5-18(12-17)21(27)32)30-20-10-11-31(15-20)14-16-6-8-19(9-7-16)23(24,25)26/h3-9,12,20H,2,10-11,13-15H2,1H3,(H2,27,32)(H2,28,29,30). The van der Waals surface area contributed by atoms with Crippen molar-refractivity contribution >= 4 is 11.9 Å². The van der Waals surface area contributed by atoms with Crippen molar-refractivity contribution in [1.82, 2.24) is 15.5 Å². The Morgan fingerprint density at radius 2 is 1.94 bits per heavy atom. The Balaban J connectivity index is 1.55. The first kappa shape index (κ1) is 23.6. The number of carbonyl (C=O) groups is 1. The van der Waals surface area contributed by atoms with Crippen LogP contribution in [0.1, 0.15) is 40.4 Å². The van der Waals surface area contributed by atoms with Gasteiger partial charge in [0, 0.05) is 37.8 Å². The first-order chi connectivity index (χ1) is 15.2. The summed E-state index contributed by atoms with van der Waals surface area (Å²) in [6.07, 6.45) is -3.41. The molecule has 0 radical (unpaired) electrons. The Morgan fingerprint density at radius 1 is 1.19 bits per heavy atom. The second-order valence-electron chi connectivity index (χ2n) is 7.82. The molecular weight excluding hydrogens is 419 g/mol. The molecule has 1 aliphatic rings. The summed E-state index contributed by atoms with van der Waals surface area (Å²) >= 11 is 0. The first-order valence-electron chi connectivity index (χ1n) is 10.6. The van der Waals surface area contributed by atoms with Gasteiger partial charge in [-0.25, -0.2) is 4.99 Å². The third-order valence-electron chi connectivity index (χ3n) is 5.28. The third-order valence-corrected chi connectivity index (χ3v) is 5.28. The molecule has 1 amide bonds. The molecular formula is C23H28F3N5O. The number of benzene rings is 2. The number of rotatable bonds is 7. The topological polar surface area (TPSA) is 82.7 Å². The number of carbonyl (C=O) groups excluding carboxylic acids is 1. The maximum absolute atomic E-state index is 12.7. The third kappa shape index (κ3) is 6.71. The number of hydrogen-bond acceptors (Lipinski definition) is 3. The fourth-order valence-electron chi connectivity index (χ4n) is 3.66. The number of likely N-dealkylation sites (tertiary alicyclic amines) is 1. The predicted octanol–water partition coefficient (Wildman–Crippen LogP) is 3.13. The molecule has 32 heavy (non-hydrogen) atoms. The van der Waals surface area contributed by atoms with E-state index in [9.17, 15) is 18.0 Å². The lowest BCUT2D eigenvalue weighted by Crippen LogP contribution is -2.44. The number of halogens is 3. The van der Waals surface area contributed by atoms with E-state index in [2.05, 4.69) is 20.5 Å². The summed E-state index contributed by atoms with van der Waals surface area (Å²) in [6, 6.07) is 12.6. The number of nitrogens with zero attached hydrogens (tertiary/aromatic N) is 2. The Hall–Kier alpha value is -3.07. The molecule has 4 N–H and O–H groups in total. The Kier molecular flexibility index (Phi) is 7.74. The summed E-state index contributed by atoms with van der Waals surface area (Å²) in [7, 11) is 0. The van der Waals surface area contributed by atoms with Crippen molar-refractivity contribution in [3.05, 3.63) is 70.8 Å². The number of nitrogens with one attached hydrogen (secondary N) is 2. The van der Waals surface area contributed by atoms with E-state index < -0.39 is 17.6 Å². The molecule has 1 aliphatic heterocycles. The van der Waals surface area contributed by atoms with Gasteiger partial charge in [0.2, 0.25) is 5.91 Å². The van der Waals surface area contributed by atoms with Crippen LogP contribution in [0.15, 0.2) is 53.5 Å². The molecule has 1 heterocycles. The largest absolute Gasteiger partial charge is 0.416 e. The van der Waals surface area contributed by atoms with Crippen molar-refractivity contribution in [2.45, 2.75) is 38.7 Å². The van der Waals surface area contributed by atoms with Gasteiger partial charge in [0.1, 0.15) is 0 Å². The van der Waals surface area contributed by atoms with E-state index in [0.717, 1.165) is 42.8 Å². The van der Waals surface area contributed by atoms with Crippen molar-refractivity contribution < 1.29 is 18.0 Å². The zero-order chi connectivity index (χ0) is 23.1. The summed E-state index contributed by atoms with van der Waals surface area (Å²) < 4.78 is 38.2. The van der Waals surface area contributed by atoms with Crippen LogP contribution < -0.4 is 16.4 Å². The van der Waals surface area contributed by atoms with Crippen LogP contribution in [-0.2, 0) is 19.3 Å². The van der Waals surface area contributed by atoms with Crippen LogP contribution in [0.2, 0.25) is 0 Å². The molecule has 1 saturated heterocycles. The van der Waals surface area contributed by atoms with E-state index >= 15 is 0 Å². The molecule has 6 nitrogen and oxygen atoms in total. The normalized spacial score (nSPS) is 17.4. The summed E-state index contributed by atoms with van der Waals surface area (Å²) in [5.74, 6) is 0.207. The zero-order valence-corrected chi connectivity index (χ0v) is 18.0. The minimum atomic E-state index is -4.32. The molecule has 0 saturated carbocycles. The molecule has 2 aromatic carbocycles. The molecule has 0 spiro atoms. The van der Waals surface area contributed by atoms with E-state index in [0.29, 0.717) is 31.2 Å². The number of amides is 1. The SMILES string of the molecule is CCNC(=NCc1cccc(C(N)=O)c1)NC1CCN(Cc2ccc(C(F)(F)F)cc2)C1. The molecule has 1 unspecified atom stereocenters. The highest BCUT2D eigenvalue weighted by Gasteiger charge is 2.30. The second kappa shape index (κ2) is 10.5. The minimum Gasteiger partial charge on any atom is -0.366 e. The maximum atomic E-state index is 12.7. The summed E-state index contributed by atoms with van der Waals surface area (Å²) in [5, 5.41) is 6.65. The monoisotopic (exact) mass is 447 g/mol. The van der Waals surface area contributed by atoms with Crippen LogP contribution >= 0.6 is 0 Å². The quantitative estimate of drug-likeness (QED) is 0.450. The molecule has 2 aromatic rings. The molecule has 172 valence electrons. The molecule has 9 heteroatoms. The Morgan fingerprint density at radius 3 is 2.59 bits per heavy atom. The van der Waals surface area contributed by atoms with Crippen LogP contribution in [0.3, 0.4) is 0 Å². The predicted molar refractivity (Wildman–Crippen MR) is 118 cm³/mol. The summed E-state index contributed by atoms with van der Waals surface area (Å²) in [5.41, 5.74) is 6.89. The van der Waals surface area contributed by atoms with Crippen LogP contribution in [0.5, 0.6) is 0 Å². The van der Waals surface area contributed by atoms with Gasteiger partial charge in [0.15, 0.2) is 5.96 Å². The second-order valence-corrected chi connectivity index (χ2v) is 7.82. The molecule has 0 bridgehead atoms. The van der Waals surface area contributed by atoms with Gasteiger partial charge in [-0.2, -0.15) is 13.2 Å². The summed E-state index contributed by atoms with van der Waals surface area (Å²) in [4.78, 5) is 18.2. The fourth-order valence-corrected chi connectivity index (χ4v) is 3.66. The number of alkyl halides is 3. The Bertz CT molecular complexity index is 943. The first-order valence-corrected chi connectivity index (χ1v) is 10.6. The molecule has 0 aromatic heterocycles. The average molecular weight is 448 g/mol. The van der Waals surface area contributed by atoms with E-state index in [1.807, 2.05) is 13.0 Å². The van der Waals surface area contributed by atoms with Crippen molar-refractivity contribution in [1.29, 1.82) is 0 Å². The summed E-state index contributed by atoms with van der Waals surface area (Å²) in [6.45, 7) is 5.30. The minimum absolute atomic E-state index is 0.180. The number of hydrogen-bond donors (Lipinski definition) is 3. The van der Waals surface area contributed by atoms with Gasteiger partial charge in [0.25, 0.3) is 0 Å². The van der Waals surface area contributed by atoms with Gasteiger partial charge in [-0.15, -0.1) is 0 Å². The molecule has 3 rings (SSSR count). The van der Waals surface area contributed by atoms with E-state index in [1.165, 1.54) is 12.1 Å². The van der Waals surface area contributed by atoms with Crippen molar-refractivity contribution in [2.75, 3.05) is 19.6 Å².